The third kappa shape index (κ3) is 6.39. The molecule has 0 N–H and O–H groups in total. The van der Waals surface area contributed by atoms with Gasteiger partial charge in [0.1, 0.15) is 0 Å². The van der Waals surface area contributed by atoms with Crippen molar-refractivity contribution >= 4 is 15.9 Å². The van der Waals surface area contributed by atoms with Crippen LogP contribution in [0.2, 0.25) is 0 Å². The quantitative estimate of drug-likeness (QED) is 0.404. The van der Waals surface area contributed by atoms with Crippen LogP contribution in [0.1, 0.15) is 49.9 Å². The van der Waals surface area contributed by atoms with Crippen molar-refractivity contribution < 1.29 is 17.9 Å². The van der Waals surface area contributed by atoms with Gasteiger partial charge in [0.2, 0.25) is 10.0 Å². The van der Waals surface area contributed by atoms with Gasteiger partial charge in [-0.25, -0.2) is 8.42 Å². The van der Waals surface area contributed by atoms with Gasteiger partial charge in [-0.3, -0.25) is 4.79 Å². The Bertz CT molecular complexity index is 748. The number of benzene rings is 1. The highest BCUT2D eigenvalue weighted by Gasteiger charge is 2.26. The van der Waals surface area contributed by atoms with Crippen LogP contribution in [0.4, 0.5) is 0 Å². The SMILES string of the molecule is C=CCOCC1CCN(C(=O)c2ccc(S(=O)(=O)N(CCC)CCC)cc2)CC1. The first-order chi connectivity index (χ1) is 13.9. The van der Waals surface area contributed by atoms with E-state index in [1.807, 2.05) is 18.7 Å². The lowest BCUT2D eigenvalue weighted by molar-refractivity contribution is 0.0575. The molecule has 1 aromatic carbocycles. The van der Waals surface area contributed by atoms with Crippen LogP contribution in [-0.2, 0) is 14.8 Å². The molecule has 0 saturated carbocycles. The summed E-state index contributed by atoms with van der Waals surface area (Å²) in [5, 5.41) is 0. The Balaban J connectivity index is 1.99. The summed E-state index contributed by atoms with van der Waals surface area (Å²) in [7, 11) is -3.52. The molecule has 1 amide bonds. The molecule has 1 aliphatic rings. The molecule has 0 spiro atoms. The van der Waals surface area contributed by atoms with Gasteiger partial charge in [0.25, 0.3) is 5.91 Å². The van der Waals surface area contributed by atoms with Crippen LogP contribution in [0.15, 0.2) is 41.8 Å². The Morgan fingerprint density at radius 1 is 1.17 bits per heavy atom. The summed E-state index contributed by atoms with van der Waals surface area (Å²) in [6.45, 7) is 11.2. The number of rotatable bonds is 11. The Morgan fingerprint density at radius 2 is 1.76 bits per heavy atom. The molecule has 0 atom stereocenters. The van der Waals surface area contributed by atoms with E-state index in [2.05, 4.69) is 6.58 Å². The maximum absolute atomic E-state index is 12.9. The standard InChI is InChI=1S/C22H34N2O4S/c1-4-13-24(14-5-2)29(26,27)21-9-7-20(8-10-21)22(25)23-15-11-19(12-16-23)18-28-17-6-3/h6-10,19H,3-5,11-18H2,1-2H3. The van der Waals surface area contributed by atoms with Gasteiger partial charge in [-0.1, -0.05) is 19.9 Å². The average Bonchev–Trinajstić information content (AvgIpc) is 2.74. The van der Waals surface area contributed by atoms with Gasteiger partial charge in [-0.2, -0.15) is 4.31 Å². The topological polar surface area (TPSA) is 66.9 Å². The second-order valence-corrected chi connectivity index (χ2v) is 9.43. The summed E-state index contributed by atoms with van der Waals surface area (Å²) in [6, 6.07) is 6.36. The Labute approximate surface area is 175 Å². The van der Waals surface area contributed by atoms with Crippen molar-refractivity contribution in [2.24, 2.45) is 5.92 Å². The van der Waals surface area contributed by atoms with Crippen LogP contribution in [0.5, 0.6) is 0 Å². The lowest BCUT2D eigenvalue weighted by Gasteiger charge is -2.32. The average molecular weight is 423 g/mol. The summed E-state index contributed by atoms with van der Waals surface area (Å²) >= 11 is 0. The molecule has 1 heterocycles. The van der Waals surface area contributed by atoms with E-state index < -0.39 is 10.0 Å². The lowest BCUT2D eigenvalue weighted by atomic mass is 9.97. The summed E-state index contributed by atoms with van der Waals surface area (Å²) in [5.74, 6) is 0.424. The van der Waals surface area contributed by atoms with Gasteiger partial charge in [0.15, 0.2) is 0 Å². The zero-order valence-electron chi connectivity index (χ0n) is 17.7. The number of nitrogens with zero attached hydrogens (tertiary/aromatic N) is 2. The molecular weight excluding hydrogens is 388 g/mol. The number of hydrogen-bond acceptors (Lipinski definition) is 4. The molecule has 29 heavy (non-hydrogen) atoms. The number of likely N-dealkylation sites (tertiary alicyclic amines) is 1. The molecular formula is C22H34N2O4S. The van der Waals surface area contributed by atoms with Crippen LogP contribution in [0, 0.1) is 5.92 Å². The van der Waals surface area contributed by atoms with Crippen LogP contribution in [0.25, 0.3) is 0 Å². The normalized spacial score (nSPS) is 15.6. The van der Waals surface area contributed by atoms with Gasteiger partial charge in [-0.05, 0) is 55.9 Å². The fraction of sp³-hybridized carbons (Fsp3) is 0.591. The molecule has 0 radical (unpaired) electrons. The highest BCUT2D eigenvalue weighted by Crippen LogP contribution is 2.21. The second kappa shape index (κ2) is 11.5. The van der Waals surface area contributed by atoms with E-state index in [-0.39, 0.29) is 10.8 Å². The van der Waals surface area contributed by atoms with Crippen LogP contribution >= 0.6 is 0 Å². The Kier molecular flexibility index (Phi) is 9.33. The number of carbonyl (C=O) groups is 1. The molecule has 2 rings (SSSR count). The molecule has 0 aromatic heterocycles. The molecule has 1 fully saturated rings. The summed E-state index contributed by atoms with van der Waals surface area (Å²) < 4.78 is 32.7. The van der Waals surface area contributed by atoms with Crippen molar-refractivity contribution in [2.45, 2.75) is 44.4 Å². The number of hydrogen-bond donors (Lipinski definition) is 0. The van der Waals surface area contributed by atoms with Crippen molar-refractivity contribution in [3.05, 3.63) is 42.5 Å². The molecule has 6 nitrogen and oxygen atoms in total. The van der Waals surface area contributed by atoms with E-state index in [1.54, 1.807) is 30.3 Å². The Morgan fingerprint density at radius 3 is 2.28 bits per heavy atom. The second-order valence-electron chi connectivity index (χ2n) is 7.49. The first-order valence-electron chi connectivity index (χ1n) is 10.5. The number of sulfonamides is 1. The van der Waals surface area contributed by atoms with Crippen LogP contribution in [-0.4, -0.2) is 62.9 Å². The zero-order chi connectivity index (χ0) is 21.3. The number of piperidine rings is 1. The molecule has 0 unspecified atom stereocenters. The third-order valence-corrected chi connectivity index (χ3v) is 7.09. The van der Waals surface area contributed by atoms with Crippen molar-refractivity contribution in [3.8, 4) is 0 Å². The van der Waals surface area contributed by atoms with Gasteiger partial charge in [-0.15, -0.1) is 6.58 Å². The van der Waals surface area contributed by atoms with Crippen molar-refractivity contribution in [2.75, 3.05) is 39.4 Å². The molecule has 1 saturated heterocycles. The minimum Gasteiger partial charge on any atom is -0.377 e. The first-order valence-corrected chi connectivity index (χ1v) is 12.0. The fourth-order valence-corrected chi connectivity index (χ4v) is 5.20. The van der Waals surface area contributed by atoms with Gasteiger partial charge in [0.05, 0.1) is 11.5 Å². The zero-order valence-corrected chi connectivity index (χ0v) is 18.5. The number of ether oxygens (including phenoxy) is 1. The first kappa shape index (κ1) is 23.6. The van der Waals surface area contributed by atoms with E-state index in [0.717, 1.165) is 25.7 Å². The summed E-state index contributed by atoms with van der Waals surface area (Å²) in [4.78, 5) is 14.9. The maximum atomic E-state index is 12.9. The molecule has 162 valence electrons. The van der Waals surface area contributed by atoms with Crippen molar-refractivity contribution in [1.82, 2.24) is 9.21 Å². The van der Waals surface area contributed by atoms with Gasteiger partial charge in [0, 0.05) is 38.3 Å². The van der Waals surface area contributed by atoms with Crippen LogP contribution < -0.4 is 0 Å². The minimum absolute atomic E-state index is 0.0432. The third-order valence-electron chi connectivity index (χ3n) is 5.18. The monoisotopic (exact) mass is 422 g/mol. The lowest BCUT2D eigenvalue weighted by Crippen LogP contribution is -2.39. The summed E-state index contributed by atoms with van der Waals surface area (Å²) in [6.07, 6.45) is 5.11. The predicted molar refractivity (Wildman–Crippen MR) is 115 cm³/mol. The highest BCUT2D eigenvalue weighted by atomic mass is 32.2. The number of amides is 1. The maximum Gasteiger partial charge on any atom is 0.253 e. The van der Waals surface area contributed by atoms with E-state index in [0.29, 0.717) is 50.9 Å². The van der Waals surface area contributed by atoms with E-state index in [1.165, 1.54) is 4.31 Å². The largest absolute Gasteiger partial charge is 0.377 e. The smallest absolute Gasteiger partial charge is 0.253 e. The van der Waals surface area contributed by atoms with E-state index in [4.69, 9.17) is 4.74 Å². The highest BCUT2D eigenvalue weighted by molar-refractivity contribution is 7.89. The van der Waals surface area contributed by atoms with E-state index in [9.17, 15) is 13.2 Å². The van der Waals surface area contributed by atoms with Crippen molar-refractivity contribution in [3.63, 3.8) is 0 Å². The molecule has 0 aliphatic carbocycles. The van der Waals surface area contributed by atoms with Gasteiger partial charge < -0.3 is 9.64 Å². The van der Waals surface area contributed by atoms with Gasteiger partial charge >= 0.3 is 0 Å². The molecule has 7 heteroatoms. The molecule has 1 aliphatic heterocycles. The number of carbonyl (C=O) groups excluding carboxylic acids is 1. The van der Waals surface area contributed by atoms with Crippen molar-refractivity contribution in [1.29, 1.82) is 0 Å². The predicted octanol–water partition coefficient (Wildman–Crippen LogP) is 3.55. The molecule has 0 bridgehead atoms. The van der Waals surface area contributed by atoms with Crippen LogP contribution in [0.3, 0.4) is 0 Å². The summed E-state index contributed by atoms with van der Waals surface area (Å²) in [5.41, 5.74) is 0.530. The minimum atomic E-state index is -3.52. The van der Waals surface area contributed by atoms with E-state index >= 15 is 0 Å². The molecule has 1 aromatic rings. The Hall–Kier alpha value is -1.70. The fourth-order valence-electron chi connectivity index (χ4n) is 3.57.